The third-order valence-electron chi connectivity index (χ3n) is 6.34. The second-order valence-corrected chi connectivity index (χ2v) is 11.0. The van der Waals surface area contributed by atoms with E-state index in [9.17, 15) is 14.4 Å². The number of aryl methyl sites for hydroxylation is 2. The Labute approximate surface area is 238 Å². The fourth-order valence-electron chi connectivity index (χ4n) is 4.06. The van der Waals surface area contributed by atoms with Gasteiger partial charge in [-0.1, -0.05) is 18.2 Å². The van der Waals surface area contributed by atoms with E-state index >= 15 is 0 Å². The number of aromatic nitrogens is 1. The number of benzene rings is 3. The van der Waals surface area contributed by atoms with Crippen molar-refractivity contribution in [2.75, 3.05) is 24.9 Å². The first kappa shape index (κ1) is 27.0. The van der Waals surface area contributed by atoms with Gasteiger partial charge < -0.3 is 20.1 Å². The fraction of sp³-hybridized carbons (Fsp3) is 0.133. The zero-order chi connectivity index (χ0) is 28.4. The Kier molecular flexibility index (Phi) is 7.63. The van der Waals surface area contributed by atoms with Crippen LogP contribution >= 0.6 is 22.7 Å². The van der Waals surface area contributed by atoms with Crippen LogP contribution in [0.5, 0.6) is 0 Å². The van der Waals surface area contributed by atoms with Crippen molar-refractivity contribution in [2.45, 2.75) is 13.8 Å². The number of hydrogen-bond acceptors (Lipinski definition) is 9. The quantitative estimate of drug-likeness (QED) is 0.199. The normalized spacial score (nSPS) is 10.8. The molecule has 5 aromatic rings. The molecule has 0 aliphatic heterocycles. The number of methoxy groups -OCH3 is 2. The molecule has 0 fully saturated rings. The van der Waals surface area contributed by atoms with E-state index in [1.165, 1.54) is 60.7 Å². The van der Waals surface area contributed by atoms with Crippen LogP contribution in [-0.4, -0.2) is 37.0 Å². The van der Waals surface area contributed by atoms with Gasteiger partial charge in [-0.2, -0.15) is 0 Å². The number of nitrogens with zero attached hydrogens (tertiary/aromatic N) is 1. The van der Waals surface area contributed by atoms with E-state index < -0.39 is 17.8 Å². The molecule has 202 valence electrons. The Hall–Kier alpha value is -4.54. The summed E-state index contributed by atoms with van der Waals surface area (Å²) in [6.45, 7) is 4.10. The van der Waals surface area contributed by atoms with E-state index in [2.05, 4.69) is 23.6 Å². The van der Waals surface area contributed by atoms with E-state index in [1.54, 1.807) is 6.07 Å². The SMILES string of the molecule is COC(=O)c1ccc(C(=O)OC)c(NC(=O)c2cc(-c3nc4ccccc4s3)c(Nc3ccc(C)c(C)c3)s2)c1. The van der Waals surface area contributed by atoms with Crippen LogP contribution in [0.1, 0.15) is 41.5 Å². The van der Waals surface area contributed by atoms with Crippen LogP contribution in [0.4, 0.5) is 16.4 Å². The number of carbonyl (C=O) groups excluding carboxylic acids is 3. The second-order valence-electron chi connectivity index (χ2n) is 8.96. The highest BCUT2D eigenvalue weighted by molar-refractivity contribution is 7.23. The van der Waals surface area contributed by atoms with Gasteiger partial charge in [0.2, 0.25) is 0 Å². The minimum Gasteiger partial charge on any atom is -0.465 e. The van der Waals surface area contributed by atoms with Crippen molar-refractivity contribution in [3.8, 4) is 10.6 Å². The lowest BCUT2D eigenvalue weighted by Gasteiger charge is -2.11. The van der Waals surface area contributed by atoms with Gasteiger partial charge >= 0.3 is 11.9 Å². The maximum absolute atomic E-state index is 13.5. The summed E-state index contributed by atoms with van der Waals surface area (Å²) in [5.74, 6) is -1.70. The molecule has 0 bridgehead atoms. The second kappa shape index (κ2) is 11.3. The largest absolute Gasteiger partial charge is 0.465 e. The lowest BCUT2D eigenvalue weighted by molar-refractivity contribution is 0.0587. The van der Waals surface area contributed by atoms with Gasteiger partial charge in [0.15, 0.2) is 0 Å². The zero-order valence-corrected chi connectivity index (χ0v) is 23.8. The van der Waals surface area contributed by atoms with Crippen molar-refractivity contribution >= 4 is 67.1 Å². The summed E-state index contributed by atoms with van der Waals surface area (Å²) in [5.41, 5.74) is 5.30. The number of thiophene rings is 1. The summed E-state index contributed by atoms with van der Waals surface area (Å²) >= 11 is 2.81. The van der Waals surface area contributed by atoms with Crippen LogP contribution in [0.25, 0.3) is 20.8 Å². The van der Waals surface area contributed by atoms with Crippen LogP contribution in [0.3, 0.4) is 0 Å². The van der Waals surface area contributed by atoms with Gasteiger partial charge in [-0.25, -0.2) is 14.6 Å². The summed E-state index contributed by atoms with van der Waals surface area (Å²) in [7, 11) is 2.50. The minimum atomic E-state index is -0.648. The molecule has 0 spiro atoms. The number of thiazole rings is 1. The summed E-state index contributed by atoms with van der Waals surface area (Å²) < 4.78 is 10.7. The van der Waals surface area contributed by atoms with Gasteiger partial charge in [-0.15, -0.1) is 22.7 Å². The molecular formula is C30H25N3O5S2. The number of fused-ring (bicyclic) bond motifs is 1. The van der Waals surface area contributed by atoms with Crippen molar-refractivity contribution in [3.63, 3.8) is 0 Å². The molecule has 2 heterocycles. The highest BCUT2D eigenvalue weighted by Gasteiger charge is 2.22. The molecule has 0 radical (unpaired) electrons. The summed E-state index contributed by atoms with van der Waals surface area (Å²) in [6.07, 6.45) is 0. The topological polar surface area (TPSA) is 107 Å². The van der Waals surface area contributed by atoms with Crippen molar-refractivity contribution in [1.82, 2.24) is 4.98 Å². The minimum absolute atomic E-state index is 0.111. The molecule has 0 unspecified atom stereocenters. The number of carbonyl (C=O) groups is 3. The Bertz CT molecular complexity index is 1740. The third kappa shape index (κ3) is 5.45. The molecule has 0 saturated heterocycles. The van der Waals surface area contributed by atoms with Crippen LogP contribution in [-0.2, 0) is 9.47 Å². The number of nitrogens with one attached hydrogen (secondary N) is 2. The van der Waals surface area contributed by atoms with Crippen molar-refractivity contribution in [3.05, 3.63) is 93.9 Å². The van der Waals surface area contributed by atoms with Gasteiger partial charge in [0.05, 0.1) is 46.1 Å². The van der Waals surface area contributed by atoms with E-state index in [-0.39, 0.29) is 16.8 Å². The van der Waals surface area contributed by atoms with Crippen LogP contribution in [0.2, 0.25) is 0 Å². The predicted molar refractivity (Wildman–Crippen MR) is 159 cm³/mol. The molecule has 8 nitrogen and oxygen atoms in total. The predicted octanol–water partition coefficient (Wildman–Crippen LogP) is 7.21. The average Bonchev–Trinajstić information content (AvgIpc) is 3.58. The maximum atomic E-state index is 13.5. The lowest BCUT2D eigenvalue weighted by atomic mass is 10.1. The molecule has 40 heavy (non-hydrogen) atoms. The molecule has 3 aromatic carbocycles. The molecule has 1 amide bonds. The molecule has 5 rings (SSSR count). The van der Waals surface area contributed by atoms with E-state index in [4.69, 9.17) is 14.5 Å². The van der Waals surface area contributed by atoms with Crippen molar-refractivity contribution < 1.29 is 23.9 Å². The summed E-state index contributed by atoms with van der Waals surface area (Å²) in [5, 5.41) is 7.76. The molecular weight excluding hydrogens is 546 g/mol. The lowest BCUT2D eigenvalue weighted by Crippen LogP contribution is -2.15. The molecule has 0 saturated carbocycles. The van der Waals surface area contributed by atoms with Crippen LogP contribution in [0, 0.1) is 13.8 Å². The summed E-state index contributed by atoms with van der Waals surface area (Å²) in [4.78, 5) is 43.2. The maximum Gasteiger partial charge on any atom is 0.339 e. The molecule has 0 aliphatic carbocycles. The van der Waals surface area contributed by atoms with Crippen molar-refractivity contribution in [1.29, 1.82) is 0 Å². The van der Waals surface area contributed by atoms with E-state index in [1.807, 2.05) is 43.3 Å². The molecule has 10 heteroatoms. The molecule has 2 aromatic heterocycles. The first-order chi connectivity index (χ1) is 19.3. The number of anilines is 3. The summed E-state index contributed by atoms with van der Waals surface area (Å²) in [6, 6.07) is 20.0. The third-order valence-corrected chi connectivity index (χ3v) is 8.46. The first-order valence-electron chi connectivity index (χ1n) is 12.2. The molecule has 2 N–H and O–H groups in total. The fourth-order valence-corrected chi connectivity index (χ4v) is 6.08. The van der Waals surface area contributed by atoms with Gasteiger partial charge in [-0.3, -0.25) is 4.79 Å². The van der Waals surface area contributed by atoms with E-state index in [0.29, 0.717) is 4.88 Å². The number of amides is 1. The van der Waals surface area contributed by atoms with Crippen LogP contribution < -0.4 is 10.6 Å². The number of para-hydroxylation sites is 1. The van der Waals surface area contributed by atoms with Gasteiger partial charge in [0, 0.05) is 11.3 Å². The smallest absolute Gasteiger partial charge is 0.339 e. The number of rotatable bonds is 7. The zero-order valence-electron chi connectivity index (χ0n) is 22.2. The van der Waals surface area contributed by atoms with Crippen molar-refractivity contribution in [2.24, 2.45) is 0 Å². The van der Waals surface area contributed by atoms with Gasteiger partial charge in [-0.05, 0) is 73.5 Å². The standard InChI is InChI=1S/C30H25N3O5S2/c1-16-9-11-19(13-17(16)2)31-27-21(28-33-22-7-5-6-8-24(22)39-28)15-25(40-27)26(34)32-23-14-18(29(35)37-3)10-12-20(23)30(36)38-4/h5-15,31H,1-4H3,(H,32,34). The molecule has 0 aliphatic rings. The van der Waals surface area contributed by atoms with Crippen LogP contribution in [0.15, 0.2) is 66.7 Å². The van der Waals surface area contributed by atoms with Gasteiger partial charge in [0.1, 0.15) is 10.0 Å². The Morgan fingerprint density at radius 2 is 1.60 bits per heavy atom. The number of ether oxygens (including phenoxy) is 2. The highest BCUT2D eigenvalue weighted by atomic mass is 32.1. The Morgan fingerprint density at radius 3 is 2.33 bits per heavy atom. The average molecular weight is 572 g/mol. The Balaban J connectivity index is 1.55. The Morgan fingerprint density at radius 1 is 0.825 bits per heavy atom. The van der Waals surface area contributed by atoms with Gasteiger partial charge in [0.25, 0.3) is 5.91 Å². The van der Waals surface area contributed by atoms with E-state index in [0.717, 1.165) is 37.0 Å². The number of hydrogen-bond donors (Lipinski definition) is 2. The highest BCUT2D eigenvalue weighted by Crippen LogP contribution is 2.41. The number of esters is 2. The monoisotopic (exact) mass is 571 g/mol. The first-order valence-corrected chi connectivity index (χ1v) is 13.9. The molecule has 0 atom stereocenters.